The third kappa shape index (κ3) is 5.72. The van der Waals surface area contributed by atoms with Crippen molar-refractivity contribution in [3.63, 3.8) is 0 Å². The van der Waals surface area contributed by atoms with Gasteiger partial charge in [0.25, 0.3) is 0 Å². The molecule has 0 amide bonds. The summed E-state index contributed by atoms with van der Waals surface area (Å²) in [6.45, 7) is 0. The molecular weight excluding hydrogens is 244 g/mol. The van der Waals surface area contributed by atoms with E-state index in [4.69, 9.17) is 9.78 Å². The van der Waals surface area contributed by atoms with Gasteiger partial charge in [0.05, 0.1) is 0 Å². The Balaban J connectivity index is 1.71. The average molecular weight is 268 g/mol. The molecule has 19 heavy (non-hydrogen) atoms. The first-order valence-electron chi connectivity index (χ1n) is 7.63. The van der Waals surface area contributed by atoms with E-state index in [1.54, 1.807) is 0 Å². The molecule has 4 heteroatoms. The molecule has 1 saturated heterocycles. The van der Waals surface area contributed by atoms with Gasteiger partial charge in [0.1, 0.15) is 11.9 Å². The summed E-state index contributed by atoms with van der Waals surface area (Å²) in [7, 11) is 0. The normalized spacial score (nSPS) is 31.4. The van der Waals surface area contributed by atoms with Gasteiger partial charge in [-0.3, -0.25) is 9.68 Å². The first-order valence-corrected chi connectivity index (χ1v) is 7.63. The van der Waals surface area contributed by atoms with Crippen LogP contribution in [0.5, 0.6) is 0 Å². The van der Waals surface area contributed by atoms with Crippen LogP contribution in [0.25, 0.3) is 0 Å². The van der Waals surface area contributed by atoms with Gasteiger partial charge in [-0.15, -0.1) is 0 Å². The van der Waals surface area contributed by atoms with E-state index in [-0.39, 0.29) is 12.1 Å². The maximum absolute atomic E-state index is 11.6. The molecule has 0 N–H and O–H groups in total. The van der Waals surface area contributed by atoms with Crippen LogP contribution in [-0.2, 0) is 19.4 Å². The van der Waals surface area contributed by atoms with Crippen molar-refractivity contribution in [1.29, 1.82) is 0 Å². The zero-order valence-corrected chi connectivity index (χ0v) is 11.6. The summed E-state index contributed by atoms with van der Waals surface area (Å²) >= 11 is 0. The zero-order valence-electron chi connectivity index (χ0n) is 11.6. The molecule has 4 nitrogen and oxygen atoms in total. The van der Waals surface area contributed by atoms with Crippen LogP contribution >= 0.6 is 0 Å². The Morgan fingerprint density at radius 2 is 1.53 bits per heavy atom. The van der Waals surface area contributed by atoms with Crippen LogP contribution in [0.1, 0.15) is 70.6 Å². The van der Waals surface area contributed by atoms with Crippen LogP contribution < -0.4 is 0 Å². The Kier molecular flexibility index (Phi) is 5.83. The molecule has 1 saturated carbocycles. The summed E-state index contributed by atoms with van der Waals surface area (Å²) < 4.78 is 0. The molecule has 0 aromatic carbocycles. The zero-order chi connectivity index (χ0) is 13.5. The third-order valence-electron chi connectivity index (χ3n) is 3.99. The number of hydrogen-bond acceptors (Lipinski definition) is 4. The van der Waals surface area contributed by atoms with E-state index in [9.17, 15) is 9.59 Å². The molecule has 2 fully saturated rings. The Morgan fingerprint density at radius 1 is 0.842 bits per heavy atom. The lowest BCUT2D eigenvalue weighted by molar-refractivity contribution is -0.282. The molecule has 0 aromatic heterocycles. The van der Waals surface area contributed by atoms with Crippen LogP contribution in [0.4, 0.5) is 0 Å². The fourth-order valence-electron chi connectivity index (χ4n) is 2.60. The lowest BCUT2D eigenvalue weighted by atomic mass is 10.0. The summed E-state index contributed by atoms with van der Waals surface area (Å²) in [5.74, 6) is 0.603. The Labute approximate surface area is 114 Å². The predicted molar refractivity (Wildman–Crippen MR) is 70.2 cm³/mol. The van der Waals surface area contributed by atoms with Crippen molar-refractivity contribution in [1.82, 2.24) is 0 Å². The predicted octanol–water partition coefficient (Wildman–Crippen LogP) is 3.33. The maximum atomic E-state index is 11.6. The molecule has 0 bridgehead atoms. The van der Waals surface area contributed by atoms with Gasteiger partial charge in [-0.25, -0.2) is 4.79 Å². The number of hydrogen-bond donors (Lipinski definition) is 0. The molecule has 108 valence electrons. The third-order valence-corrected chi connectivity index (χ3v) is 3.99. The fraction of sp³-hybridized carbons (Fsp3) is 0.867. The van der Waals surface area contributed by atoms with Crippen LogP contribution in [0.3, 0.4) is 0 Å². The Morgan fingerprint density at radius 3 is 2.37 bits per heavy atom. The van der Waals surface area contributed by atoms with Gasteiger partial charge in [0, 0.05) is 19.3 Å². The van der Waals surface area contributed by atoms with E-state index >= 15 is 0 Å². The van der Waals surface area contributed by atoms with Gasteiger partial charge < -0.3 is 0 Å². The summed E-state index contributed by atoms with van der Waals surface area (Å²) in [5, 5.41) is 0. The fourth-order valence-corrected chi connectivity index (χ4v) is 2.60. The van der Waals surface area contributed by atoms with Crippen LogP contribution in [-0.4, -0.2) is 17.9 Å². The van der Waals surface area contributed by atoms with Crippen molar-refractivity contribution in [2.75, 3.05) is 0 Å². The van der Waals surface area contributed by atoms with Gasteiger partial charge in [0.15, 0.2) is 0 Å². The summed E-state index contributed by atoms with van der Waals surface area (Å²) in [6.07, 6.45) is 10.00. The van der Waals surface area contributed by atoms with E-state index in [0.717, 1.165) is 32.1 Å². The van der Waals surface area contributed by atoms with Crippen molar-refractivity contribution >= 4 is 11.8 Å². The lowest BCUT2D eigenvalue weighted by Crippen LogP contribution is -2.08. The van der Waals surface area contributed by atoms with Crippen molar-refractivity contribution in [3.05, 3.63) is 0 Å². The molecule has 2 rings (SSSR count). The van der Waals surface area contributed by atoms with E-state index in [1.807, 2.05) is 0 Å². The molecule has 1 aliphatic heterocycles. The molecule has 2 aliphatic rings. The lowest BCUT2D eigenvalue weighted by Gasteiger charge is -2.05. The van der Waals surface area contributed by atoms with Gasteiger partial charge in [-0.2, -0.15) is 4.89 Å². The van der Waals surface area contributed by atoms with E-state index in [0.29, 0.717) is 37.4 Å². The smallest absolute Gasteiger partial charge is 0.300 e. The van der Waals surface area contributed by atoms with E-state index in [2.05, 4.69) is 0 Å². The molecule has 1 heterocycles. The molecule has 0 spiro atoms. The molecular formula is C15H24O4. The molecule has 0 aromatic rings. The first-order chi connectivity index (χ1) is 9.25. The van der Waals surface area contributed by atoms with Crippen LogP contribution in [0, 0.1) is 5.92 Å². The summed E-state index contributed by atoms with van der Waals surface area (Å²) in [5.41, 5.74) is 0. The van der Waals surface area contributed by atoms with Crippen molar-refractivity contribution in [3.8, 4) is 0 Å². The highest BCUT2D eigenvalue weighted by molar-refractivity contribution is 5.78. The second kappa shape index (κ2) is 7.63. The second-order valence-corrected chi connectivity index (χ2v) is 5.78. The minimum Gasteiger partial charge on any atom is -0.300 e. The van der Waals surface area contributed by atoms with E-state index in [1.165, 1.54) is 12.8 Å². The van der Waals surface area contributed by atoms with Gasteiger partial charge in [0.2, 0.25) is 0 Å². The molecule has 2 atom stereocenters. The van der Waals surface area contributed by atoms with Crippen LogP contribution in [0.15, 0.2) is 0 Å². The number of fused-ring (bicyclic) bond motifs is 1. The SMILES string of the molecule is O=C1CCCCCCC2CC2OOC(=O)CCCC1. The first kappa shape index (κ1) is 14.5. The highest BCUT2D eigenvalue weighted by Crippen LogP contribution is 2.38. The number of ketones is 1. The standard InChI is InChI=1S/C15H24O4/c16-13-8-4-2-1-3-7-12-11-14(12)18-19-15(17)10-6-5-9-13/h12,14H,1-11H2. The quantitative estimate of drug-likeness (QED) is 0.632. The van der Waals surface area contributed by atoms with Gasteiger partial charge in [-0.05, 0) is 38.0 Å². The maximum Gasteiger partial charge on any atom is 0.342 e. The number of carbonyl (C=O) groups excluding carboxylic acids is 2. The molecule has 2 unspecified atom stereocenters. The number of carbonyl (C=O) groups is 2. The molecule has 1 aliphatic carbocycles. The van der Waals surface area contributed by atoms with Gasteiger partial charge in [-0.1, -0.05) is 19.3 Å². The summed E-state index contributed by atoms with van der Waals surface area (Å²) in [6, 6.07) is 0. The average Bonchev–Trinajstić information content (AvgIpc) is 3.14. The topological polar surface area (TPSA) is 52.6 Å². The monoisotopic (exact) mass is 268 g/mol. The minimum atomic E-state index is -0.301. The Hall–Kier alpha value is -0.900. The highest BCUT2D eigenvalue weighted by Gasteiger charge is 2.39. The highest BCUT2D eigenvalue weighted by atomic mass is 17.2. The number of Topliss-reactive ketones (excluding diaryl/α,β-unsaturated/α-hetero) is 1. The van der Waals surface area contributed by atoms with Crippen LogP contribution in [0.2, 0.25) is 0 Å². The largest absolute Gasteiger partial charge is 0.342 e. The summed E-state index contributed by atoms with van der Waals surface area (Å²) in [4.78, 5) is 32.9. The van der Waals surface area contributed by atoms with Gasteiger partial charge >= 0.3 is 5.97 Å². The van der Waals surface area contributed by atoms with Crippen molar-refractivity contribution in [2.24, 2.45) is 5.92 Å². The second-order valence-electron chi connectivity index (χ2n) is 5.78. The number of rotatable bonds is 0. The molecule has 0 radical (unpaired) electrons. The minimum absolute atomic E-state index is 0.137. The van der Waals surface area contributed by atoms with E-state index < -0.39 is 0 Å². The Bertz CT molecular complexity index is 313. The van der Waals surface area contributed by atoms with Crippen molar-refractivity contribution in [2.45, 2.75) is 76.7 Å². The van der Waals surface area contributed by atoms with Crippen molar-refractivity contribution < 1.29 is 19.4 Å².